The Labute approximate surface area is 121 Å². The lowest BCUT2D eigenvalue weighted by atomic mass is 10.3. The molecule has 3 N–H and O–H groups in total. The van der Waals surface area contributed by atoms with Crippen LogP contribution in [0.15, 0.2) is 35.4 Å². The molecule has 0 aliphatic carbocycles. The minimum Gasteiger partial charge on any atom is -0.492 e. The summed E-state index contributed by atoms with van der Waals surface area (Å²) in [7, 11) is -3.62. The molecule has 2 rings (SSSR count). The molecule has 1 heterocycles. The zero-order valence-corrected chi connectivity index (χ0v) is 12.5. The van der Waals surface area contributed by atoms with Crippen LogP contribution in [0.1, 0.15) is 4.88 Å². The van der Waals surface area contributed by atoms with E-state index in [1.54, 1.807) is 18.3 Å². The van der Waals surface area contributed by atoms with E-state index in [9.17, 15) is 8.42 Å². The maximum Gasteiger partial charge on any atom is 0.263 e. The van der Waals surface area contributed by atoms with Crippen LogP contribution in [0.25, 0.3) is 0 Å². The molecule has 0 aliphatic rings. The van der Waals surface area contributed by atoms with Gasteiger partial charge >= 0.3 is 0 Å². The highest BCUT2D eigenvalue weighted by Gasteiger charge is 2.15. The zero-order chi connectivity index (χ0) is 14.6. The first-order valence-electron chi connectivity index (χ1n) is 5.89. The normalized spacial score (nSPS) is 11.3. The first-order valence-corrected chi connectivity index (χ1v) is 8.19. The molecular formula is C12H15N3O3S2. The number of sulfonamides is 1. The van der Waals surface area contributed by atoms with Gasteiger partial charge in [0.25, 0.3) is 10.0 Å². The number of hydrogen-bond acceptors (Lipinski definition) is 6. The average molecular weight is 313 g/mol. The van der Waals surface area contributed by atoms with Gasteiger partial charge in [-0.1, -0.05) is 0 Å². The number of ether oxygens (including phenoxy) is 1. The van der Waals surface area contributed by atoms with Crippen LogP contribution in [0.2, 0.25) is 0 Å². The Balaban J connectivity index is 2.13. The van der Waals surface area contributed by atoms with Crippen molar-refractivity contribution in [2.45, 2.75) is 11.8 Å². The van der Waals surface area contributed by atoms with Crippen LogP contribution >= 0.6 is 11.3 Å². The van der Waals surface area contributed by atoms with Crippen molar-refractivity contribution >= 4 is 26.5 Å². The largest absolute Gasteiger partial charge is 0.492 e. The van der Waals surface area contributed by atoms with E-state index >= 15 is 0 Å². The number of aryl methyl sites for hydroxylation is 1. The molecule has 0 unspecified atom stereocenters. The molecule has 1 aromatic carbocycles. The van der Waals surface area contributed by atoms with Gasteiger partial charge in [-0.25, -0.2) is 13.4 Å². The molecule has 0 aliphatic heterocycles. The van der Waals surface area contributed by atoms with E-state index in [0.29, 0.717) is 24.0 Å². The van der Waals surface area contributed by atoms with Gasteiger partial charge in [0.1, 0.15) is 12.4 Å². The average Bonchev–Trinajstić information content (AvgIpc) is 2.81. The van der Waals surface area contributed by atoms with Gasteiger partial charge < -0.3 is 10.5 Å². The van der Waals surface area contributed by atoms with Gasteiger partial charge in [0.15, 0.2) is 5.13 Å². The SMILES string of the molecule is Cc1cnc(NS(=O)(=O)c2ccc(OCCN)cc2)s1. The highest BCUT2D eigenvalue weighted by molar-refractivity contribution is 7.93. The fraction of sp³-hybridized carbons (Fsp3) is 0.250. The van der Waals surface area contributed by atoms with Crippen LogP contribution < -0.4 is 15.2 Å². The molecule has 6 nitrogen and oxygen atoms in total. The second-order valence-corrected chi connectivity index (χ2v) is 6.91. The maximum absolute atomic E-state index is 12.1. The van der Waals surface area contributed by atoms with E-state index < -0.39 is 10.0 Å². The third-order valence-corrected chi connectivity index (χ3v) is 4.68. The Hall–Kier alpha value is -1.64. The lowest BCUT2D eigenvalue weighted by molar-refractivity contribution is 0.328. The summed E-state index contributed by atoms with van der Waals surface area (Å²) in [6, 6.07) is 6.15. The van der Waals surface area contributed by atoms with Crippen LogP contribution in [-0.4, -0.2) is 26.6 Å². The summed E-state index contributed by atoms with van der Waals surface area (Å²) in [5, 5.41) is 0.353. The molecule has 0 bridgehead atoms. The Bertz CT molecular complexity index is 666. The van der Waals surface area contributed by atoms with Crippen LogP contribution in [0.5, 0.6) is 5.75 Å². The Morgan fingerprint density at radius 1 is 1.35 bits per heavy atom. The van der Waals surface area contributed by atoms with Gasteiger partial charge in [0.2, 0.25) is 0 Å². The predicted molar refractivity (Wildman–Crippen MR) is 78.7 cm³/mol. The van der Waals surface area contributed by atoms with Crippen molar-refractivity contribution < 1.29 is 13.2 Å². The monoisotopic (exact) mass is 313 g/mol. The van der Waals surface area contributed by atoms with Crippen molar-refractivity contribution in [3.8, 4) is 5.75 Å². The van der Waals surface area contributed by atoms with Gasteiger partial charge in [-0.15, -0.1) is 11.3 Å². The second-order valence-electron chi connectivity index (χ2n) is 3.99. The molecule has 20 heavy (non-hydrogen) atoms. The Morgan fingerprint density at radius 2 is 2.05 bits per heavy atom. The summed E-state index contributed by atoms with van der Waals surface area (Å²) in [6.45, 7) is 2.66. The molecule has 0 saturated carbocycles. The van der Waals surface area contributed by atoms with Crippen LogP contribution in [0, 0.1) is 6.92 Å². The standard InChI is InChI=1S/C12H15N3O3S2/c1-9-8-14-12(19-9)15-20(16,17)11-4-2-10(3-5-11)18-7-6-13/h2-5,8H,6-7,13H2,1H3,(H,14,15). The first-order chi connectivity index (χ1) is 9.51. The fourth-order valence-electron chi connectivity index (χ4n) is 1.47. The van der Waals surface area contributed by atoms with E-state index in [0.717, 1.165) is 4.88 Å². The third kappa shape index (κ3) is 3.69. The quantitative estimate of drug-likeness (QED) is 0.844. The maximum atomic E-state index is 12.1. The molecule has 0 fully saturated rings. The van der Waals surface area contributed by atoms with Crippen molar-refractivity contribution in [3.63, 3.8) is 0 Å². The van der Waals surface area contributed by atoms with Gasteiger partial charge in [0, 0.05) is 17.6 Å². The molecule has 0 spiro atoms. The first kappa shape index (κ1) is 14.8. The minimum atomic E-state index is -3.62. The smallest absolute Gasteiger partial charge is 0.263 e. The molecule has 0 radical (unpaired) electrons. The molecule has 8 heteroatoms. The zero-order valence-electron chi connectivity index (χ0n) is 10.9. The van der Waals surface area contributed by atoms with Gasteiger partial charge in [-0.3, -0.25) is 4.72 Å². The topological polar surface area (TPSA) is 94.3 Å². The predicted octanol–water partition coefficient (Wildman–Crippen LogP) is 1.59. The lowest BCUT2D eigenvalue weighted by Crippen LogP contribution is -2.13. The van der Waals surface area contributed by atoms with Crippen LogP contribution in [0.3, 0.4) is 0 Å². The number of thiazole rings is 1. The summed E-state index contributed by atoms with van der Waals surface area (Å²) in [4.78, 5) is 5.07. The fourth-order valence-corrected chi connectivity index (χ4v) is 3.37. The molecule has 0 saturated heterocycles. The van der Waals surface area contributed by atoms with Gasteiger partial charge in [-0.05, 0) is 31.2 Å². The van der Waals surface area contributed by atoms with E-state index in [4.69, 9.17) is 10.5 Å². The van der Waals surface area contributed by atoms with Crippen molar-refractivity contribution in [1.29, 1.82) is 0 Å². The van der Waals surface area contributed by atoms with Crippen LogP contribution in [0.4, 0.5) is 5.13 Å². The van der Waals surface area contributed by atoms with E-state index in [2.05, 4.69) is 9.71 Å². The summed E-state index contributed by atoms with van der Waals surface area (Å²) in [5.41, 5.74) is 5.33. The number of anilines is 1. The molecule has 1 aromatic heterocycles. The number of aromatic nitrogens is 1. The molecule has 2 aromatic rings. The van der Waals surface area contributed by atoms with Crippen molar-refractivity contribution in [3.05, 3.63) is 35.3 Å². The molecule has 108 valence electrons. The van der Waals surface area contributed by atoms with Crippen molar-refractivity contribution in [1.82, 2.24) is 4.98 Å². The van der Waals surface area contributed by atoms with Crippen molar-refractivity contribution in [2.24, 2.45) is 5.73 Å². The number of nitrogens with one attached hydrogen (secondary N) is 1. The summed E-state index contributed by atoms with van der Waals surface area (Å²) < 4.78 is 32.0. The highest BCUT2D eigenvalue weighted by atomic mass is 32.2. The Kier molecular flexibility index (Phi) is 4.58. The van der Waals surface area contributed by atoms with E-state index in [1.165, 1.54) is 23.5 Å². The van der Waals surface area contributed by atoms with Gasteiger partial charge in [-0.2, -0.15) is 0 Å². The van der Waals surface area contributed by atoms with Gasteiger partial charge in [0.05, 0.1) is 4.90 Å². The van der Waals surface area contributed by atoms with E-state index in [1.807, 2.05) is 6.92 Å². The highest BCUT2D eigenvalue weighted by Crippen LogP contribution is 2.22. The lowest BCUT2D eigenvalue weighted by Gasteiger charge is -2.07. The summed E-state index contributed by atoms with van der Waals surface area (Å²) >= 11 is 1.28. The number of nitrogens with zero attached hydrogens (tertiary/aromatic N) is 1. The summed E-state index contributed by atoms with van der Waals surface area (Å²) in [6.07, 6.45) is 1.62. The number of nitrogens with two attached hydrogens (primary N) is 1. The minimum absolute atomic E-state index is 0.158. The Morgan fingerprint density at radius 3 is 2.60 bits per heavy atom. The number of hydrogen-bond donors (Lipinski definition) is 2. The summed E-state index contributed by atoms with van der Waals surface area (Å²) in [5.74, 6) is 0.583. The molecule has 0 atom stereocenters. The number of benzene rings is 1. The second kappa shape index (κ2) is 6.21. The number of rotatable bonds is 6. The van der Waals surface area contributed by atoms with Crippen LogP contribution in [-0.2, 0) is 10.0 Å². The molecule has 0 amide bonds. The third-order valence-electron chi connectivity index (χ3n) is 2.36. The van der Waals surface area contributed by atoms with Crippen molar-refractivity contribution in [2.75, 3.05) is 17.9 Å². The van der Waals surface area contributed by atoms with E-state index in [-0.39, 0.29) is 4.90 Å². The molecular weight excluding hydrogens is 298 g/mol.